The van der Waals surface area contributed by atoms with Crippen LogP contribution in [0, 0.1) is 6.07 Å². The lowest BCUT2D eigenvalue weighted by Crippen LogP contribution is -2.12. The van der Waals surface area contributed by atoms with E-state index < -0.39 is 12.0 Å². The van der Waals surface area contributed by atoms with Gasteiger partial charge in [0.15, 0.2) is 0 Å². The highest BCUT2D eigenvalue weighted by molar-refractivity contribution is 5.75. The van der Waals surface area contributed by atoms with Crippen molar-refractivity contribution in [1.82, 2.24) is 9.55 Å². The molecule has 1 aromatic carbocycles. The number of nitrogens with zero attached hydrogens (tertiary/aromatic N) is 2. The summed E-state index contributed by atoms with van der Waals surface area (Å²) in [4.78, 5) is 3.49. The molecule has 0 unspecified atom stereocenters. The second-order valence-electron chi connectivity index (χ2n) is 2.91. The van der Waals surface area contributed by atoms with Crippen molar-refractivity contribution < 1.29 is 13.2 Å². The van der Waals surface area contributed by atoms with Crippen molar-refractivity contribution in [2.75, 3.05) is 0 Å². The Labute approximate surface area is 78.0 Å². The van der Waals surface area contributed by atoms with Gasteiger partial charge in [0.2, 0.25) is 5.82 Å². The van der Waals surface area contributed by atoms with Crippen LogP contribution in [0.5, 0.6) is 0 Å². The highest BCUT2D eigenvalue weighted by atomic mass is 19.4. The molecule has 0 amide bonds. The summed E-state index contributed by atoms with van der Waals surface area (Å²) in [5, 5.41) is 0. The second-order valence-corrected chi connectivity index (χ2v) is 2.91. The molecule has 0 aliphatic heterocycles. The van der Waals surface area contributed by atoms with Gasteiger partial charge >= 0.3 is 6.18 Å². The molecule has 14 heavy (non-hydrogen) atoms. The zero-order valence-corrected chi connectivity index (χ0v) is 7.26. The highest BCUT2D eigenvalue weighted by Gasteiger charge is 2.36. The first-order chi connectivity index (χ1) is 6.50. The van der Waals surface area contributed by atoms with Crippen LogP contribution in [-0.2, 0) is 13.2 Å². The van der Waals surface area contributed by atoms with Gasteiger partial charge in [-0.2, -0.15) is 13.2 Å². The van der Waals surface area contributed by atoms with Gasteiger partial charge in [0, 0.05) is 7.05 Å². The van der Waals surface area contributed by atoms with Crippen LogP contribution >= 0.6 is 0 Å². The molecule has 0 aliphatic carbocycles. The van der Waals surface area contributed by atoms with Crippen molar-refractivity contribution in [2.45, 2.75) is 6.18 Å². The molecule has 0 saturated heterocycles. The van der Waals surface area contributed by atoms with Crippen molar-refractivity contribution in [2.24, 2.45) is 7.05 Å². The third-order valence-electron chi connectivity index (χ3n) is 1.98. The summed E-state index contributed by atoms with van der Waals surface area (Å²) in [5.74, 6) is -0.882. The van der Waals surface area contributed by atoms with Gasteiger partial charge in [0.05, 0.1) is 11.0 Å². The first kappa shape index (κ1) is 9.05. The van der Waals surface area contributed by atoms with Crippen LogP contribution in [0.15, 0.2) is 18.2 Å². The van der Waals surface area contributed by atoms with E-state index in [4.69, 9.17) is 0 Å². The lowest BCUT2D eigenvalue weighted by molar-refractivity contribution is -0.146. The molecule has 0 N–H and O–H groups in total. The Bertz CT molecular complexity index is 470. The van der Waals surface area contributed by atoms with Crippen molar-refractivity contribution in [1.29, 1.82) is 0 Å². The molecule has 1 heterocycles. The van der Waals surface area contributed by atoms with E-state index in [1.807, 2.05) is 0 Å². The zero-order valence-electron chi connectivity index (χ0n) is 7.26. The van der Waals surface area contributed by atoms with Gasteiger partial charge in [-0.15, -0.1) is 0 Å². The second kappa shape index (κ2) is 2.73. The Kier molecular flexibility index (Phi) is 1.77. The fourth-order valence-corrected chi connectivity index (χ4v) is 1.34. The van der Waals surface area contributed by atoms with E-state index in [0.29, 0.717) is 11.0 Å². The minimum absolute atomic E-state index is 0.308. The fraction of sp³-hybridized carbons (Fsp3) is 0.222. The normalized spacial score (nSPS) is 12.3. The molecule has 2 rings (SSSR count). The van der Waals surface area contributed by atoms with Crippen molar-refractivity contribution >= 4 is 11.0 Å². The largest absolute Gasteiger partial charge is 0.449 e. The summed E-state index contributed by atoms with van der Waals surface area (Å²) in [6.07, 6.45) is -4.41. The number of benzene rings is 1. The summed E-state index contributed by atoms with van der Waals surface area (Å²) in [6, 6.07) is 7.23. The van der Waals surface area contributed by atoms with E-state index in [1.165, 1.54) is 13.1 Å². The van der Waals surface area contributed by atoms with Gasteiger partial charge in [-0.3, -0.25) is 0 Å². The quantitative estimate of drug-likeness (QED) is 0.637. The van der Waals surface area contributed by atoms with Crippen molar-refractivity contribution in [3.8, 4) is 0 Å². The first-order valence-corrected chi connectivity index (χ1v) is 3.90. The van der Waals surface area contributed by atoms with Gasteiger partial charge in [-0.25, -0.2) is 4.98 Å². The predicted octanol–water partition coefficient (Wildman–Crippen LogP) is 2.39. The summed E-state index contributed by atoms with van der Waals surface area (Å²) < 4.78 is 38.2. The molecule has 0 spiro atoms. The number of aryl methyl sites for hydroxylation is 1. The summed E-state index contributed by atoms with van der Waals surface area (Å²) in [5.41, 5.74) is 0.762. The molecule has 0 saturated carbocycles. The predicted molar refractivity (Wildman–Crippen MR) is 44.6 cm³/mol. The van der Waals surface area contributed by atoms with Gasteiger partial charge in [0.25, 0.3) is 0 Å². The molecule has 0 atom stereocenters. The molecule has 0 bridgehead atoms. The molecule has 0 aliphatic rings. The van der Waals surface area contributed by atoms with Crippen molar-refractivity contribution in [3.63, 3.8) is 0 Å². The van der Waals surface area contributed by atoms with E-state index in [2.05, 4.69) is 11.1 Å². The zero-order chi connectivity index (χ0) is 10.3. The average molecular weight is 199 g/mol. The molecular weight excluding hydrogens is 193 g/mol. The van der Waals surface area contributed by atoms with E-state index in [-0.39, 0.29) is 0 Å². The van der Waals surface area contributed by atoms with E-state index in [9.17, 15) is 13.2 Å². The number of alkyl halides is 3. The summed E-state index contributed by atoms with van der Waals surface area (Å²) >= 11 is 0. The van der Waals surface area contributed by atoms with Crippen LogP contribution in [0.2, 0.25) is 0 Å². The Hall–Kier alpha value is -1.52. The van der Waals surface area contributed by atoms with Crippen LogP contribution in [0.25, 0.3) is 11.0 Å². The van der Waals surface area contributed by atoms with Crippen LogP contribution < -0.4 is 0 Å². The number of hydrogen-bond acceptors (Lipinski definition) is 1. The van der Waals surface area contributed by atoms with Crippen LogP contribution in [-0.4, -0.2) is 9.55 Å². The standard InChI is InChI=1S/C9H6F3N2/c1-14-7-5-3-2-4-6(7)13-8(14)9(10,11)12/h3-5H,1H3. The Balaban J connectivity index is 2.75. The van der Waals surface area contributed by atoms with Crippen molar-refractivity contribution in [3.05, 3.63) is 30.1 Å². The molecule has 1 aromatic heterocycles. The molecule has 73 valence electrons. The number of rotatable bonds is 0. The molecular formula is C9H6F3N2. The third-order valence-corrected chi connectivity index (χ3v) is 1.98. The van der Waals surface area contributed by atoms with Gasteiger partial charge in [-0.1, -0.05) is 6.07 Å². The summed E-state index contributed by atoms with van der Waals surface area (Å²) in [6.45, 7) is 0. The molecule has 2 aromatic rings. The SMILES string of the molecule is Cn1c(C(F)(F)F)nc2c[c]ccc21. The van der Waals surface area contributed by atoms with E-state index in [0.717, 1.165) is 4.57 Å². The number of imidazole rings is 1. The lowest BCUT2D eigenvalue weighted by Gasteiger charge is -2.05. The number of aromatic nitrogens is 2. The van der Waals surface area contributed by atoms with E-state index >= 15 is 0 Å². The van der Waals surface area contributed by atoms with E-state index in [1.54, 1.807) is 12.1 Å². The lowest BCUT2D eigenvalue weighted by atomic mass is 10.3. The molecule has 1 radical (unpaired) electrons. The molecule has 0 fully saturated rings. The third kappa shape index (κ3) is 1.25. The summed E-state index contributed by atoms with van der Waals surface area (Å²) in [7, 11) is 1.35. The maximum atomic E-state index is 12.4. The monoisotopic (exact) mass is 199 g/mol. The molecule has 5 heteroatoms. The van der Waals surface area contributed by atoms with Crippen LogP contribution in [0.4, 0.5) is 13.2 Å². The first-order valence-electron chi connectivity index (χ1n) is 3.90. The van der Waals surface area contributed by atoms with Gasteiger partial charge < -0.3 is 4.57 Å². The number of fused-ring (bicyclic) bond motifs is 1. The topological polar surface area (TPSA) is 17.8 Å². The minimum Gasteiger partial charge on any atom is -0.323 e. The maximum absolute atomic E-state index is 12.4. The smallest absolute Gasteiger partial charge is 0.323 e. The molecule has 2 nitrogen and oxygen atoms in total. The highest BCUT2D eigenvalue weighted by Crippen LogP contribution is 2.30. The Morgan fingerprint density at radius 2 is 2.14 bits per heavy atom. The van der Waals surface area contributed by atoms with Crippen LogP contribution in [0.3, 0.4) is 0 Å². The Morgan fingerprint density at radius 1 is 1.43 bits per heavy atom. The Morgan fingerprint density at radius 3 is 2.71 bits per heavy atom. The number of hydrogen-bond donors (Lipinski definition) is 0. The van der Waals surface area contributed by atoms with Crippen LogP contribution in [0.1, 0.15) is 5.82 Å². The maximum Gasteiger partial charge on any atom is 0.449 e. The minimum atomic E-state index is -4.41. The average Bonchev–Trinajstić information content (AvgIpc) is 2.44. The fourth-order valence-electron chi connectivity index (χ4n) is 1.34. The number of halogens is 3. The van der Waals surface area contributed by atoms with Gasteiger partial charge in [0.1, 0.15) is 0 Å². The van der Waals surface area contributed by atoms with Gasteiger partial charge in [-0.05, 0) is 18.2 Å².